The van der Waals surface area contributed by atoms with Gasteiger partial charge in [-0.15, -0.1) is 0 Å². The molecule has 2 N–H and O–H groups in total. The molecule has 152 valence electrons. The molecule has 0 bridgehead atoms. The van der Waals surface area contributed by atoms with E-state index in [0.29, 0.717) is 10.7 Å². The van der Waals surface area contributed by atoms with Gasteiger partial charge in [-0.1, -0.05) is 33.6 Å². The number of imide groups is 1. The van der Waals surface area contributed by atoms with E-state index in [4.69, 9.17) is 11.6 Å². The molecule has 5 atom stereocenters. The van der Waals surface area contributed by atoms with Gasteiger partial charge in [0.1, 0.15) is 17.9 Å². The van der Waals surface area contributed by atoms with Gasteiger partial charge in [0.15, 0.2) is 0 Å². The van der Waals surface area contributed by atoms with Crippen LogP contribution in [-0.4, -0.2) is 30.3 Å². The van der Waals surface area contributed by atoms with Crippen molar-refractivity contribution in [3.63, 3.8) is 0 Å². The van der Waals surface area contributed by atoms with E-state index >= 15 is 0 Å². The smallest absolute Gasteiger partial charge is 0.291 e. The first-order valence-corrected chi connectivity index (χ1v) is 11.2. The molecule has 2 aromatic carbocycles. The fraction of sp³-hybridized carbons (Fsp3) is 0.318. The lowest BCUT2D eigenvalue weighted by atomic mass is 9.75. The Balaban J connectivity index is 1.57. The highest BCUT2D eigenvalue weighted by molar-refractivity contribution is 9.10. The van der Waals surface area contributed by atoms with Gasteiger partial charge in [0, 0.05) is 27.9 Å². The summed E-state index contributed by atoms with van der Waals surface area (Å²) in [7, 11) is 0. The number of benzene rings is 2. The van der Waals surface area contributed by atoms with Crippen LogP contribution in [0, 0.1) is 11.8 Å². The van der Waals surface area contributed by atoms with Gasteiger partial charge >= 0.3 is 0 Å². The second kappa shape index (κ2) is 6.15. The van der Waals surface area contributed by atoms with Crippen molar-refractivity contribution in [3.05, 3.63) is 57.5 Å². The summed E-state index contributed by atoms with van der Waals surface area (Å²) >= 11 is 9.65. The van der Waals surface area contributed by atoms with Crippen LogP contribution in [0.3, 0.4) is 0 Å². The predicted molar refractivity (Wildman–Crippen MR) is 114 cm³/mol. The van der Waals surface area contributed by atoms with E-state index in [1.165, 1.54) is 4.90 Å². The maximum atomic E-state index is 13.8. The monoisotopic (exact) mass is 486 g/mol. The van der Waals surface area contributed by atoms with E-state index in [9.17, 15) is 14.4 Å². The Morgan fingerprint density at radius 3 is 2.77 bits per heavy atom. The minimum atomic E-state index is -1.08. The van der Waals surface area contributed by atoms with Crippen molar-refractivity contribution in [2.75, 3.05) is 16.8 Å². The number of amides is 3. The van der Waals surface area contributed by atoms with E-state index in [1.807, 2.05) is 18.2 Å². The molecule has 1 spiro atoms. The predicted octanol–water partition coefficient (Wildman–Crippen LogP) is 2.12. The average molecular weight is 488 g/mol. The number of quaternary nitrogens is 1. The van der Waals surface area contributed by atoms with Gasteiger partial charge in [-0.2, -0.15) is 0 Å². The first-order valence-electron chi connectivity index (χ1n) is 10.1. The molecule has 2 aromatic rings. The van der Waals surface area contributed by atoms with E-state index in [0.717, 1.165) is 40.0 Å². The highest BCUT2D eigenvalue weighted by atomic mass is 79.9. The molecule has 4 aliphatic rings. The van der Waals surface area contributed by atoms with Crippen LogP contribution in [0.4, 0.5) is 11.4 Å². The van der Waals surface area contributed by atoms with Crippen LogP contribution in [0.15, 0.2) is 46.9 Å². The van der Waals surface area contributed by atoms with Gasteiger partial charge in [-0.3, -0.25) is 14.4 Å². The lowest BCUT2D eigenvalue weighted by Crippen LogP contribution is -3.19. The van der Waals surface area contributed by atoms with Crippen LogP contribution < -0.4 is 15.1 Å². The Hall–Kier alpha value is -2.22. The van der Waals surface area contributed by atoms with Crippen LogP contribution in [-0.2, 0) is 19.9 Å². The molecule has 0 saturated carbocycles. The molecular weight excluding hydrogens is 470 g/mol. The molecule has 3 saturated heterocycles. The molecule has 1 unspecified atom stereocenters. The van der Waals surface area contributed by atoms with Crippen molar-refractivity contribution in [3.8, 4) is 0 Å². The van der Waals surface area contributed by atoms with Crippen molar-refractivity contribution in [1.29, 1.82) is 0 Å². The number of rotatable bonds is 1. The van der Waals surface area contributed by atoms with E-state index in [1.54, 1.807) is 24.3 Å². The van der Waals surface area contributed by atoms with Gasteiger partial charge in [0.05, 0.1) is 17.9 Å². The SMILES string of the molecule is O=C1[C@H]2[C@H]3CCC[NH+]3[C@@]3(C(=O)Nc4ccc(Br)cc43)[C@@H]2C(=O)N1c1cccc(Cl)c1. The number of carbonyl (C=O) groups is 3. The Morgan fingerprint density at radius 2 is 1.97 bits per heavy atom. The van der Waals surface area contributed by atoms with Gasteiger partial charge in [-0.05, 0) is 36.4 Å². The third-order valence-corrected chi connectivity index (χ3v) is 7.97. The van der Waals surface area contributed by atoms with Crippen LogP contribution in [0.5, 0.6) is 0 Å². The molecule has 0 aromatic heterocycles. The molecule has 3 amide bonds. The van der Waals surface area contributed by atoms with Crippen molar-refractivity contribution in [1.82, 2.24) is 0 Å². The Morgan fingerprint density at radius 1 is 1.13 bits per heavy atom. The van der Waals surface area contributed by atoms with Crippen LogP contribution >= 0.6 is 27.5 Å². The minimum absolute atomic E-state index is 0.0497. The third-order valence-electron chi connectivity index (χ3n) is 7.25. The van der Waals surface area contributed by atoms with E-state index in [2.05, 4.69) is 21.2 Å². The number of halogens is 2. The summed E-state index contributed by atoms with van der Waals surface area (Å²) in [4.78, 5) is 43.2. The molecule has 30 heavy (non-hydrogen) atoms. The van der Waals surface area contributed by atoms with Gasteiger partial charge in [0.2, 0.25) is 17.4 Å². The van der Waals surface area contributed by atoms with Gasteiger partial charge < -0.3 is 10.2 Å². The highest BCUT2D eigenvalue weighted by Crippen LogP contribution is 2.52. The van der Waals surface area contributed by atoms with Crippen LogP contribution in [0.2, 0.25) is 5.02 Å². The van der Waals surface area contributed by atoms with Crippen molar-refractivity contribution in [2.24, 2.45) is 11.8 Å². The zero-order valence-corrected chi connectivity index (χ0v) is 18.2. The molecule has 6 rings (SSSR count). The lowest BCUT2D eigenvalue weighted by molar-refractivity contribution is -0.948. The zero-order valence-electron chi connectivity index (χ0n) is 15.8. The summed E-state index contributed by atoms with van der Waals surface area (Å²) in [5, 5.41) is 3.46. The number of fused-ring (bicyclic) bond motifs is 7. The summed E-state index contributed by atoms with van der Waals surface area (Å²) in [5.41, 5.74) is 0.925. The Bertz CT molecular complexity index is 1150. The van der Waals surface area contributed by atoms with Gasteiger partial charge in [0.25, 0.3) is 5.91 Å². The summed E-state index contributed by atoms with van der Waals surface area (Å²) in [6, 6.07) is 12.4. The third kappa shape index (κ3) is 2.10. The highest BCUT2D eigenvalue weighted by Gasteiger charge is 2.78. The molecule has 0 aliphatic carbocycles. The fourth-order valence-corrected chi connectivity index (χ4v) is 6.85. The Kier molecular flexibility index (Phi) is 3.80. The number of anilines is 2. The summed E-state index contributed by atoms with van der Waals surface area (Å²) < 4.78 is 0.846. The number of nitrogens with zero attached hydrogens (tertiary/aromatic N) is 1. The summed E-state index contributed by atoms with van der Waals surface area (Å²) in [5.74, 6) is -1.94. The minimum Gasteiger partial charge on any atom is -0.320 e. The number of hydrogen-bond acceptors (Lipinski definition) is 3. The molecular formula is C22H18BrClN3O3+. The number of carbonyl (C=O) groups excluding carboxylic acids is 3. The zero-order chi connectivity index (χ0) is 20.8. The normalized spacial score (nSPS) is 33.8. The molecule has 6 nitrogen and oxygen atoms in total. The van der Waals surface area contributed by atoms with Crippen molar-refractivity contribution in [2.45, 2.75) is 24.4 Å². The first-order chi connectivity index (χ1) is 14.4. The van der Waals surface area contributed by atoms with E-state index in [-0.39, 0.29) is 23.8 Å². The Labute approximate surface area is 186 Å². The first kappa shape index (κ1) is 18.5. The quantitative estimate of drug-likeness (QED) is 0.606. The molecule has 0 radical (unpaired) electrons. The second-order valence-electron chi connectivity index (χ2n) is 8.47. The largest absolute Gasteiger partial charge is 0.320 e. The summed E-state index contributed by atoms with van der Waals surface area (Å²) in [6.07, 6.45) is 1.76. The molecule has 4 aliphatic heterocycles. The second-order valence-corrected chi connectivity index (χ2v) is 9.82. The van der Waals surface area contributed by atoms with Crippen LogP contribution in [0.1, 0.15) is 18.4 Å². The van der Waals surface area contributed by atoms with Gasteiger partial charge in [-0.25, -0.2) is 4.90 Å². The number of nitrogens with one attached hydrogen (secondary N) is 2. The molecule has 4 heterocycles. The molecule has 3 fully saturated rings. The molecule has 8 heteroatoms. The van der Waals surface area contributed by atoms with Crippen LogP contribution in [0.25, 0.3) is 0 Å². The van der Waals surface area contributed by atoms with Crippen molar-refractivity contribution < 1.29 is 19.3 Å². The van der Waals surface area contributed by atoms with Crippen molar-refractivity contribution >= 4 is 56.6 Å². The number of hydrogen-bond donors (Lipinski definition) is 2. The standard InChI is InChI=1S/C22H17BrClN3O3/c23-11-6-7-15-14(9-11)22(21(30)25-15)18-17(16-5-2-8-26(16)22)19(28)27(20(18)29)13-4-1-3-12(24)10-13/h1,3-4,6-7,9-10,16-18H,2,5,8H2,(H,25,30)/p+1/t16-,17+,18+,22-/m1/s1. The average Bonchev–Trinajstić information content (AvgIpc) is 3.40. The lowest BCUT2D eigenvalue weighted by Gasteiger charge is -2.33. The fourth-order valence-electron chi connectivity index (χ4n) is 6.30. The topological polar surface area (TPSA) is 70.9 Å². The van der Waals surface area contributed by atoms with E-state index < -0.39 is 17.4 Å². The maximum Gasteiger partial charge on any atom is 0.291 e. The maximum absolute atomic E-state index is 13.8. The summed E-state index contributed by atoms with van der Waals surface area (Å²) in [6.45, 7) is 0.773.